The Morgan fingerprint density at radius 2 is 0.404 bits per heavy atom. The lowest BCUT2D eigenvalue weighted by molar-refractivity contribution is 1.32. The molecule has 0 radical (unpaired) electrons. The molecule has 8 nitrogen and oxygen atoms in total. The fourth-order valence-corrected chi connectivity index (χ4v) is 19.6. The van der Waals surface area contributed by atoms with Crippen molar-refractivity contribution in [2.75, 3.05) is 0 Å². The van der Waals surface area contributed by atoms with Crippen LogP contribution in [0.1, 0.15) is 0 Å². The molecule has 0 saturated carbocycles. The van der Waals surface area contributed by atoms with E-state index >= 15 is 0 Å². The van der Waals surface area contributed by atoms with E-state index in [-0.39, 0.29) is 0 Å². The van der Waals surface area contributed by atoms with Crippen LogP contribution in [0.4, 0.5) is 0 Å². The van der Waals surface area contributed by atoms with E-state index in [1.807, 2.05) is 61.8 Å². The lowest BCUT2D eigenvalue weighted by Gasteiger charge is -2.14. The first kappa shape index (κ1) is 79.9. The molecular formula is C128H80N8. The Labute approximate surface area is 784 Å². The number of fused-ring (bicyclic) bond motifs is 13. The van der Waals surface area contributed by atoms with E-state index in [4.69, 9.17) is 15.0 Å². The Morgan fingerprint density at radius 3 is 0.816 bits per heavy atom. The molecule has 8 heteroatoms. The molecule has 0 unspecified atom stereocenters. The standard InChI is InChI=1S/2C43H27N3.C42H26N2/c1-3-7-39-32(5-1)23-33-6-2-4-8-40(33)43(39)29-11-9-28(10-12-29)38-24-41(34-13-15-36-26-44-19-17-30(36)21-34)46-42(25-38)35-14-16-37-27-45-20-18-31(37)22-35;1-2-5-31-23-41-34(20-30(31)4-1)6-3-7-40(41)29-10-8-28(9-11-29)39-24-42(35-12-14-37-26-44-18-16-32(37)21-35)46-43(25-39)36-13-15-38-27-45-19-17-33(38)22-36;1-3-8-29-21-37-23-35(13-11-31(37)18-27(29)6-1)41-25-39(33-15-16-40-34(20-33)10-5-17-43-40)26-42(44-41)36-14-12-32-19-28-7-2-4-9-30(28)22-38(32)24-36/h2*1-27H;1-26H. The molecule has 0 aliphatic rings. The summed E-state index contributed by atoms with van der Waals surface area (Å²) in [4.78, 5) is 37.4. The summed E-state index contributed by atoms with van der Waals surface area (Å²) in [5.41, 5.74) is 24.9. The Balaban J connectivity index is 0.000000109. The highest BCUT2D eigenvalue weighted by Crippen LogP contribution is 2.43. The van der Waals surface area contributed by atoms with Crippen LogP contribution >= 0.6 is 0 Å². The van der Waals surface area contributed by atoms with E-state index in [1.165, 1.54) is 108 Å². The third-order valence-corrected chi connectivity index (χ3v) is 26.7. The van der Waals surface area contributed by atoms with E-state index in [9.17, 15) is 0 Å². The molecule has 8 aromatic heterocycles. The van der Waals surface area contributed by atoms with Gasteiger partial charge < -0.3 is 0 Å². The highest BCUT2D eigenvalue weighted by atomic mass is 14.7. The van der Waals surface area contributed by atoms with Gasteiger partial charge in [-0.05, 0) is 321 Å². The normalized spacial score (nSPS) is 11.5. The lowest BCUT2D eigenvalue weighted by atomic mass is 9.91. The van der Waals surface area contributed by atoms with Crippen molar-refractivity contribution in [2.45, 2.75) is 0 Å². The van der Waals surface area contributed by atoms with Crippen LogP contribution in [0.15, 0.2) is 486 Å². The van der Waals surface area contributed by atoms with Crippen molar-refractivity contribution >= 4 is 140 Å². The molecule has 0 bridgehead atoms. The number of aromatic nitrogens is 8. The molecule has 27 rings (SSSR count). The quantitative estimate of drug-likeness (QED) is 0.118. The number of rotatable bonds is 11. The van der Waals surface area contributed by atoms with Crippen molar-refractivity contribution < 1.29 is 0 Å². The minimum atomic E-state index is 0.935. The Hall–Kier alpha value is -18.2. The maximum Gasteiger partial charge on any atom is 0.0715 e. The number of benzene rings is 19. The third kappa shape index (κ3) is 15.6. The van der Waals surface area contributed by atoms with Gasteiger partial charge in [-0.3, -0.25) is 24.9 Å². The van der Waals surface area contributed by atoms with Crippen LogP contribution in [-0.2, 0) is 0 Å². The van der Waals surface area contributed by atoms with Crippen LogP contribution in [0.3, 0.4) is 0 Å². The zero-order chi connectivity index (χ0) is 89.9. The van der Waals surface area contributed by atoms with E-state index in [2.05, 4.69) is 450 Å². The van der Waals surface area contributed by atoms with E-state index in [0.29, 0.717) is 0 Å². The monoisotopic (exact) mass is 1730 g/mol. The maximum absolute atomic E-state index is 5.29. The van der Waals surface area contributed by atoms with Gasteiger partial charge in [0.05, 0.1) is 39.7 Å². The van der Waals surface area contributed by atoms with Crippen LogP contribution < -0.4 is 0 Å². The Morgan fingerprint density at radius 1 is 0.132 bits per heavy atom. The molecule has 0 N–H and O–H groups in total. The summed E-state index contributed by atoms with van der Waals surface area (Å²) in [5, 5.41) is 30.1. The summed E-state index contributed by atoms with van der Waals surface area (Å²) >= 11 is 0. The zero-order valence-electron chi connectivity index (χ0n) is 73.8. The van der Waals surface area contributed by atoms with Gasteiger partial charge >= 0.3 is 0 Å². The van der Waals surface area contributed by atoms with Crippen molar-refractivity contribution in [3.05, 3.63) is 486 Å². The molecule has 0 aliphatic carbocycles. The Bertz CT molecular complexity index is 9050. The van der Waals surface area contributed by atoms with E-state index in [1.54, 1.807) is 0 Å². The van der Waals surface area contributed by atoms with Crippen molar-refractivity contribution in [1.29, 1.82) is 0 Å². The summed E-state index contributed by atoms with van der Waals surface area (Å²) in [6.45, 7) is 0. The predicted molar refractivity (Wildman–Crippen MR) is 569 cm³/mol. The summed E-state index contributed by atoms with van der Waals surface area (Å²) < 4.78 is 0. The van der Waals surface area contributed by atoms with Crippen molar-refractivity contribution in [3.63, 3.8) is 0 Å². The summed E-state index contributed by atoms with van der Waals surface area (Å²) in [6.07, 6.45) is 16.8. The second kappa shape index (κ2) is 34.2. The second-order valence-electron chi connectivity index (χ2n) is 35.1. The topological polar surface area (TPSA) is 103 Å². The average Bonchev–Trinajstić information content (AvgIpc) is 0.759. The van der Waals surface area contributed by atoms with Gasteiger partial charge in [0.2, 0.25) is 0 Å². The number of pyridine rings is 8. The average molecular weight is 1730 g/mol. The van der Waals surface area contributed by atoms with Crippen LogP contribution in [0.2, 0.25) is 0 Å². The summed E-state index contributed by atoms with van der Waals surface area (Å²) in [7, 11) is 0. The van der Waals surface area contributed by atoms with Crippen LogP contribution in [-0.4, -0.2) is 39.9 Å². The first-order chi connectivity index (χ1) is 67.2. The molecule has 0 aliphatic heterocycles. The molecule has 136 heavy (non-hydrogen) atoms. The Kier molecular flexibility index (Phi) is 20.1. The minimum absolute atomic E-state index is 0.935. The summed E-state index contributed by atoms with van der Waals surface area (Å²) in [6, 6.07) is 155. The highest BCUT2D eigenvalue weighted by Gasteiger charge is 2.19. The fourth-order valence-electron chi connectivity index (χ4n) is 19.6. The molecule has 632 valence electrons. The molecule has 0 fully saturated rings. The van der Waals surface area contributed by atoms with Crippen molar-refractivity contribution in [1.82, 2.24) is 39.9 Å². The number of hydrogen-bond acceptors (Lipinski definition) is 8. The van der Waals surface area contributed by atoms with Gasteiger partial charge in [-0.15, -0.1) is 0 Å². The minimum Gasteiger partial charge on any atom is -0.264 e. The van der Waals surface area contributed by atoms with Crippen molar-refractivity contribution in [2.24, 2.45) is 0 Å². The second-order valence-corrected chi connectivity index (χ2v) is 35.1. The number of nitrogens with zero attached hydrogens (tertiary/aromatic N) is 8. The summed E-state index contributed by atoms with van der Waals surface area (Å²) in [5.74, 6) is 0. The largest absolute Gasteiger partial charge is 0.264 e. The fraction of sp³-hybridized carbons (Fsp3) is 0. The van der Waals surface area contributed by atoms with Crippen LogP contribution in [0, 0.1) is 0 Å². The van der Waals surface area contributed by atoms with Gasteiger partial charge in [0.1, 0.15) is 0 Å². The van der Waals surface area contributed by atoms with Gasteiger partial charge in [0.25, 0.3) is 0 Å². The molecule has 0 amide bonds. The SMILES string of the molecule is c1ccc2c(-c3ccc(-c4cc(-c5ccc6cnccc6c5)nc(-c5ccc6cnccc6c5)c4)cc3)c3ccccc3cc2c1.c1ccc2cc3c(-c4ccc(-c5cc(-c6ccc7cnccc7c6)nc(-c6ccc7cnccc7c6)c5)cc4)cccc3cc2c1.c1ccc2cc3cc(-c4cc(-c5ccc6ncccc6c5)cc(-c5ccc6cc7ccccc7cc6c5)n4)ccc3cc2c1. The van der Waals surface area contributed by atoms with Gasteiger partial charge in [-0.25, -0.2) is 15.0 Å². The lowest BCUT2D eigenvalue weighted by Crippen LogP contribution is -1.92. The number of hydrogen-bond donors (Lipinski definition) is 0. The first-order valence-electron chi connectivity index (χ1n) is 45.9. The highest BCUT2D eigenvalue weighted by molar-refractivity contribution is 6.13. The van der Waals surface area contributed by atoms with Gasteiger partial charge in [-0.2, -0.15) is 0 Å². The smallest absolute Gasteiger partial charge is 0.0715 e. The van der Waals surface area contributed by atoms with Gasteiger partial charge in [0.15, 0.2) is 0 Å². The van der Waals surface area contributed by atoms with Crippen molar-refractivity contribution in [3.8, 4) is 123 Å². The molecule has 0 atom stereocenters. The van der Waals surface area contributed by atoms with Gasteiger partial charge in [0, 0.05) is 116 Å². The van der Waals surface area contributed by atoms with E-state index in [0.717, 1.165) is 155 Å². The predicted octanol–water partition coefficient (Wildman–Crippen LogP) is 33.5. The molecular weight excluding hydrogens is 1650 g/mol. The molecule has 27 aromatic rings. The van der Waals surface area contributed by atoms with Crippen LogP contribution in [0.25, 0.3) is 263 Å². The zero-order valence-corrected chi connectivity index (χ0v) is 73.8. The molecule has 8 heterocycles. The molecule has 0 spiro atoms. The van der Waals surface area contributed by atoms with Gasteiger partial charge in [-0.1, -0.05) is 273 Å². The molecule has 0 saturated heterocycles. The molecule has 19 aromatic carbocycles. The third-order valence-electron chi connectivity index (χ3n) is 26.7. The van der Waals surface area contributed by atoms with E-state index < -0.39 is 0 Å². The maximum atomic E-state index is 5.29. The van der Waals surface area contributed by atoms with Crippen LogP contribution in [0.5, 0.6) is 0 Å². The first-order valence-corrected chi connectivity index (χ1v) is 45.9.